The topological polar surface area (TPSA) is 104 Å². The van der Waals surface area contributed by atoms with E-state index in [-0.39, 0.29) is 5.97 Å². The zero-order valence-corrected chi connectivity index (χ0v) is 12.1. The van der Waals surface area contributed by atoms with Crippen LogP contribution >= 0.6 is 11.3 Å². The van der Waals surface area contributed by atoms with E-state index in [4.69, 9.17) is 11.5 Å². The summed E-state index contributed by atoms with van der Waals surface area (Å²) in [5.74, 6) is 0.121. The minimum Gasteiger partial charge on any atom is -0.465 e. The van der Waals surface area contributed by atoms with Gasteiger partial charge in [0.25, 0.3) is 0 Å². The summed E-state index contributed by atoms with van der Waals surface area (Å²) in [5.41, 5.74) is 11.5. The Bertz CT molecular complexity index is 752. The number of rotatable bonds is 1. The van der Waals surface area contributed by atoms with Crippen LogP contribution in [0.4, 0.5) is 11.5 Å². The van der Waals surface area contributed by atoms with Crippen LogP contribution in [0.1, 0.15) is 9.67 Å². The number of hydrogen-bond acceptors (Lipinski definition) is 7. The summed E-state index contributed by atoms with van der Waals surface area (Å²) >= 11 is 1.28. The maximum Gasteiger partial charge on any atom is 0.350 e. The molecule has 0 amide bonds. The lowest BCUT2D eigenvalue weighted by atomic mass is 10.2. The molecule has 21 heavy (non-hydrogen) atoms. The Balaban J connectivity index is 0.000000155. The van der Waals surface area contributed by atoms with Gasteiger partial charge in [0, 0.05) is 10.8 Å². The summed E-state index contributed by atoms with van der Waals surface area (Å²) in [7, 11) is 1.33. The van der Waals surface area contributed by atoms with Crippen molar-refractivity contribution in [1.29, 1.82) is 0 Å². The summed E-state index contributed by atoms with van der Waals surface area (Å²) in [6.07, 6.45) is 1.70. The number of carbonyl (C=O) groups excluding carboxylic acids is 1. The van der Waals surface area contributed by atoms with Crippen LogP contribution in [-0.2, 0) is 4.74 Å². The van der Waals surface area contributed by atoms with Gasteiger partial charge in [-0.15, -0.1) is 16.4 Å². The van der Waals surface area contributed by atoms with E-state index in [1.165, 1.54) is 18.4 Å². The van der Waals surface area contributed by atoms with E-state index >= 15 is 0 Å². The van der Waals surface area contributed by atoms with Crippen molar-refractivity contribution in [2.24, 2.45) is 0 Å². The van der Waals surface area contributed by atoms with Crippen molar-refractivity contribution in [3.05, 3.63) is 46.8 Å². The lowest BCUT2D eigenvalue weighted by molar-refractivity contribution is 0.0607. The summed E-state index contributed by atoms with van der Waals surface area (Å²) in [6.45, 7) is 0. The van der Waals surface area contributed by atoms with E-state index in [0.29, 0.717) is 16.4 Å². The van der Waals surface area contributed by atoms with Crippen LogP contribution in [0.3, 0.4) is 0 Å². The Kier molecular flexibility index (Phi) is 4.68. The highest BCUT2D eigenvalue weighted by atomic mass is 32.1. The molecular formula is C14H14N4O2S. The molecule has 2 heterocycles. The van der Waals surface area contributed by atoms with Gasteiger partial charge in [0.15, 0.2) is 5.82 Å². The van der Waals surface area contributed by atoms with Crippen molar-refractivity contribution in [3.63, 3.8) is 0 Å². The van der Waals surface area contributed by atoms with Crippen molar-refractivity contribution in [2.75, 3.05) is 18.6 Å². The highest BCUT2D eigenvalue weighted by molar-refractivity contribution is 7.12. The number of carbonyl (C=O) groups is 1. The molecule has 7 heteroatoms. The van der Waals surface area contributed by atoms with Crippen LogP contribution in [0, 0.1) is 0 Å². The van der Waals surface area contributed by atoms with Crippen molar-refractivity contribution in [3.8, 4) is 0 Å². The van der Waals surface area contributed by atoms with Gasteiger partial charge in [-0.05, 0) is 11.4 Å². The summed E-state index contributed by atoms with van der Waals surface area (Å²) in [5, 5.41) is 11.2. The fourth-order valence-corrected chi connectivity index (χ4v) is 2.36. The molecule has 2 aromatic heterocycles. The van der Waals surface area contributed by atoms with Gasteiger partial charge in [0.1, 0.15) is 4.88 Å². The van der Waals surface area contributed by atoms with Crippen molar-refractivity contribution in [2.45, 2.75) is 0 Å². The highest BCUT2D eigenvalue weighted by Crippen LogP contribution is 2.19. The number of benzene rings is 1. The van der Waals surface area contributed by atoms with E-state index in [9.17, 15) is 4.79 Å². The first-order valence-electron chi connectivity index (χ1n) is 6.00. The molecule has 0 radical (unpaired) electrons. The molecule has 0 saturated carbocycles. The number of nitrogens with zero attached hydrogens (tertiary/aromatic N) is 2. The Morgan fingerprint density at radius 1 is 1.24 bits per heavy atom. The predicted octanol–water partition coefficient (Wildman–Crippen LogP) is 2.33. The largest absolute Gasteiger partial charge is 0.465 e. The van der Waals surface area contributed by atoms with Crippen LogP contribution in [0.5, 0.6) is 0 Å². The zero-order chi connectivity index (χ0) is 15.2. The standard InChI is InChI=1S/C8H7N3.C6H7NO2S/c9-8-7-4-2-1-3-6(7)5-10-11-8;1-9-6(8)5-4(7)2-3-10-5/h1-5H,(H2,9,11);2-3H,7H2,1H3. The zero-order valence-electron chi connectivity index (χ0n) is 11.3. The Hall–Kier alpha value is -2.67. The number of anilines is 2. The van der Waals surface area contributed by atoms with Crippen LogP contribution in [0.25, 0.3) is 10.8 Å². The first-order chi connectivity index (χ1) is 10.1. The van der Waals surface area contributed by atoms with Gasteiger partial charge in [0.2, 0.25) is 0 Å². The molecule has 0 bridgehead atoms. The Morgan fingerprint density at radius 3 is 2.62 bits per heavy atom. The Morgan fingerprint density at radius 2 is 2.00 bits per heavy atom. The number of ether oxygens (including phenoxy) is 1. The summed E-state index contributed by atoms with van der Waals surface area (Å²) in [6, 6.07) is 9.44. The van der Waals surface area contributed by atoms with Crippen LogP contribution in [0.2, 0.25) is 0 Å². The average molecular weight is 302 g/mol. The maximum absolute atomic E-state index is 10.8. The molecule has 0 aliphatic rings. The summed E-state index contributed by atoms with van der Waals surface area (Å²) < 4.78 is 4.47. The second-order valence-electron chi connectivity index (χ2n) is 4.01. The second-order valence-corrected chi connectivity index (χ2v) is 4.93. The first-order valence-corrected chi connectivity index (χ1v) is 6.88. The molecule has 0 spiro atoms. The van der Waals surface area contributed by atoms with Gasteiger partial charge in [-0.3, -0.25) is 0 Å². The monoisotopic (exact) mass is 302 g/mol. The van der Waals surface area contributed by atoms with Crippen LogP contribution in [0.15, 0.2) is 41.9 Å². The van der Waals surface area contributed by atoms with E-state index in [1.807, 2.05) is 24.3 Å². The molecule has 0 fully saturated rings. The van der Waals surface area contributed by atoms with Crippen molar-refractivity contribution < 1.29 is 9.53 Å². The number of fused-ring (bicyclic) bond motifs is 1. The minimum absolute atomic E-state index is 0.368. The highest BCUT2D eigenvalue weighted by Gasteiger charge is 2.09. The van der Waals surface area contributed by atoms with E-state index in [2.05, 4.69) is 14.9 Å². The lowest BCUT2D eigenvalue weighted by Gasteiger charge is -1.96. The number of nitrogen functional groups attached to an aromatic ring is 2. The molecule has 0 aliphatic carbocycles. The first kappa shape index (κ1) is 14.7. The van der Waals surface area contributed by atoms with Gasteiger partial charge < -0.3 is 16.2 Å². The molecule has 3 aromatic rings. The summed E-state index contributed by atoms with van der Waals surface area (Å²) in [4.78, 5) is 11.3. The normalized spacial score (nSPS) is 9.76. The number of esters is 1. The third-order valence-corrected chi connectivity index (χ3v) is 3.58. The molecule has 108 valence electrons. The van der Waals surface area contributed by atoms with Gasteiger partial charge in [0.05, 0.1) is 19.0 Å². The SMILES string of the molecule is COC(=O)c1sccc1N.Nc1nncc2ccccc12. The van der Waals surface area contributed by atoms with E-state index in [1.54, 1.807) is 17.6 Å². The Labute approximate surface area is 125 Å². The number of nitrogens with two attached hydrogens (primary N) is 2. The van der Waals surface area contributed by atoms with E-state index < -0.39 is 0 Å². The maximum atomic E-state index is 10.8. The molecule has 0 saturated heterocycles. The number of thiophene rings is 1. The van der Waals surface area contributed by atoms with Crippen LogP contribution < -0.4 is 11.5 Å². The fourth-order valence-electron chi connectivity index (χ4n) is 1.63. The van der Waals surface area contributed by atoms with Crippen LogP contribution in [-0.4, -0.2) is 23.3 Å². The number of methoxy groups -OCH3 is 1. The molecule has 0 aliphatic heterocycles. The van der Waals surface area contributed by atoms with Gasteiger partial charge in [-0.25, -0.2) is 4.79 Å². The molecule has 3 rings (SSSR count). The van der Waals surface area contributed by atoms with Gasteiger partial charge in [-0.1, -0.05) is 24.3 Å². The average Bonchev–Trinajstić information content (AvgIpc) is 2.94. The quantitative estimate of drug-likeness (QED) is 0.668. The van der Waals surface area contributed by atoms with Crippen molar-refractivity contribution in [1.82, 2.24) is 10.2 Å². The molecule has 0 unspecified atom stereocenters. The van der Waals surface area contributed by atoms with Gasteiger partial charge in [-0.2, -0.15) is 5.10 Å². The third-order valence-electron chi connectivity index (χ3n) is 2.67. The molecule has 0 atom stereocenters. The smallest absolute Gasteiger partial charge is 0.350 e. The lowest BCUT2D eigenvalue weighted by Crippen LogP contribution is -2.00. The second kappa shape index (κ2) is 6.67. The van der Waals surface area contributed by atoms with E-state index in [0.717, 1.165) is 10.8 Å². The predicted molar refractivity (Wildman–Crippen MR) is 84.0 cm³/mol. The number of hydrogen-bond donors (Lipinski definition) is 2. The number of aromatic nitrogens is 2. The third kappa shape index (κ3) is 3.46. The fraction of sp³-hybridized carbons (Fsp3) is 0.0714. The molecule has 1 aromatic carbocycles. The molecular weight excluding hydrogens is 288 g/mol. The molecule has 4 N–H and O–H groups in total. The van der Waals surface area contributed by atoms with Crippen molar-refractivity contribution >= 4 is 39.6 Å². The van der Waals surface area contributed by atoms with Gasteiger partial charge >= 0.3 is 5.97 Å². The molecule has 6 nitrogen and oxygen atoms in total. The minimum atomic E-state index is -0.368.